The van der Waals surface area contributed by atoms with Crippen molar-refractivity contribution in [2.75, 3.05) is 0 Å². The fraction of sp³-hybridized carbons (Fsp3) is 0.100. The van der Waals surface area contributed by atoms with Crippen molar-refractivity contribution in [3.05, 3.63) is 83.1 Å². The molecule has 0 aliphatic carbocycles. The van der Waals surface area contributed by atoms with E-state index >= 15 is 0 Å². The van der Waals surface area contributed by atoms with Crippen LogP contribution in [0.3, 0.4) is 0 Å². The molecule has 0 aliphatic rings. The van der Waals surface area contributed by atoms with Gasteiger partial charge in [0.25, 0.3) is 0 Å². The Labute approximate surface area is 155 Å². The normalized spacial score (nSPS) is 11.1. The number of aromatic nitrogens is 3. The van der Waals surface area contributed by atoms with Crippen LogP contribution in [0.25, 0.3) is 16.8 Å². The van der Waals surface area contributed by atoms with Gasteiger partial charge < -0.3 is 0 Å². The monoisotopic (exact) mass is 365 g/mol. The van der Waals surface area contributed by atoms with E-state index in [1.807, 2.05) is 48.0 Å². The molecule has 0 atom stereocenters. The van der Waals surface area contributed by atoms with Crippen LogP contribution >= 0.6 is 23.4 Å². The minimum absolute atomic E-state index is 0.760. The summed E-state index contributed by atoms with van der Waals surface area (Å²) in [5, 5.41) is 6.42. The van der Waals surface area contributed by atoms with Crippen molar-refractivity contribution >= 4 is 29.0 Å². The lowest BCUT2D eigenvalue weighted by Gasteiger charge is -2.07. The molecule has 4 aromatic rings. The summed E-state index contributed by atoms with van der Waals surface area (Å²) in [6.45, 7) is 2.02. The molecule has 124 valence electrons. The molecule has 2 aromatic heterocycles. The van der Waals surface area contributed by atoms with Crippen molar-refractivity contribution in [3.63, 3.8) is 0 Å². The zero-order valence-electron chi connectivity index (χ0n) is 13.7. The third-order valence-corrected chi connectivity index (χ3v) is 5.27. The Morgan fingerprint density at radius 3 is 2.56 bits per heavy atom. The fourth-order valence-corrected chi connectivity index (χ4v) is 3.85. The second-order valence-electron chi connectivity index (χ2n) is 5.81. The van der Waals surface area contributed by atoms with Crippen LogP contribution in [0.1, 0.15) is 11.3 Å². The van der Waals surface area contributed by atoms with E-state index in [1.54, 1.807) is 11.8 Å². The molecular formula is C20H16ClN3S. The van der Waals surface area contributed by atoms with Gasteiger partial charge in [0.15, 0.2) is 5.65 Å². The maximum Gasteiger partial charge on any atom is 0.164 e. The Bertz CT molecular complexity index is 1010. The number of nitrogens with zero attached hydrogens (tertiary/aromatic N) is 3. The average Bonchev–Trinajstić information content (AvgIpc) is 3.05. The van der Waals surface area contributed by atoms with Crippen LogP contribution in [0, 0.1) is 6.92 Å². The quantitative estimate of drug-likeness (QED) is 0.346. The van der Waals surface area contributed by atoms with E-state index < -0.39 is 0 Å². The molecule has 4 rings (SSSR count). The summed E-state index contributed by atoms with van der Waals surface area (Å²) in [7, 11) is 0. The SMILES string of the molecule is Cc1cc(SCc2ccc(Cl)cc2)n2ncc(-c3ccccc3)c2n1. The van der Waals surface area contributed by atoms with Crippen molar-refractivity contribution in [3.8, 4) is 11.1 Å². The standard InChI is InChI=1S/C20H16ClN3S/c1-14-11-19(25-13-15-7-9-17(21)10-8-15)24-20(23-14)18(12-22-24)16-5-3-2-4-6-16/h2-12H,13H2,1H3. The molecule has 0 N–H and O–H groups in total. The Kier molecular flexibility index (Phi) is 4.47. The van der Waals surface area contributed by atoms with E-state index in [0.29, 0.717) is 0 Å². The van der Waals surface area contributed by atoms with Crippen molar-refractivity contribution in [1.82, 2.24) is 14.6 Å². The summed E-state index contributed by atoms with van der Waals surface area (Å²) in [6, 6.07) is 20.3. The third kappa shape index (κ3) is 3.41. The largest absolute Gasteiger partial charge is 0.233 e. The van der Waals surface area contributed by atoms with E-state index in [1.165, 1.54) is 5.56 Å². The van der Waals surface area contributed by atoms with Gasteiger partial charge in [-0.25, -0.2) is 9.50 Å². The zero-order chi connectivity index (χ0) is 17.2. The van der Waals surface area contributed by atoms with Crippen molar-refractivity contribution < 1.29 is 0 Å². The first-order valence-corrected chi connectivity index (χ1v) is 9.35. The summed E-state index contributed by atoms with van der Waals surface area (Å²) < 4.78 is 1.93. The summed E-state index contributed by atoms with van der Waals surface area (Å²) in [4.78, 5) is 4.71. The average molecular weight is 366 g/mol. The van der Waals surface area contributed by atoms with Gasteiger partial charge in [-0.05, 0) is 36.2 Å². The number of hydrogen-bond donors (Lipinski definition) is 0. The lowest BCUT2D eigenvalue weighted by atomic mass is 10.1. The van der Waals surface area contributed by atoms with Gasteiger partial charge in [0.1, 0.15) is 5.03 Å². The molecule has 0 amide bonds. The maximum absolute atomic E-state index is 5.96. The molecule has 3 nitrogen and oxygen atoms in total. The molecule has 0 aliphatic heterocycles. The highest BCUT2D eigenvalue weighted by Gasteiger charge is 2.12. The first-order chi connectivity index (χ1) is 12.2. The predicted octanol–water partition coefficient (Wildman–Crippen LogP) is 5.65. The van der Waals surface area contributed by atoms with Crippen LogP contribution in [0.4, 0.5) is 0 Å². The molecule has 0 spiro atoms. The van der Waals surface area contributed by atoms with Crippen LogP contribution in [0.2, 0.25) is 5.02 Å². The highest BCUT2D eigenvalue weighted by Crippen LogP contribution is 2.29. The molecule has 0 fully saturated rings. The van der Waals surface area contributed by atoms with Crippen LogP contribution < -0.4 is 0 Å². The van der Waals surface area contributed by atoms with Gasteiger partial charge in [0.2, 0.25) is 0 Å². The Morgan fingerprint density at radius 1 is 1.04 bits per heavy atom. The Hall–Kier alpha value is -2.30. The molecule has 0 saturated heterocycles. The van der Waals surface area contributed by atoms with Crippen molar-refractivity contribution in [1.29, 1.82) is 0 Å². The van der Waals surface area contributed by atoms with Gasteiger partial charge in [0.05, 0.1) is 6.20 Å². The molecule has 0 radical (unpaired) electrons. The van der Waals surface area contributed by atoms with Crippen LogP contribution in [-0.4, -0.2) is 14.6 Å². The van der Waals surface area contributed by atoms with Crippen LogP contribution in [0.15, 0.2) is 71.9 Å². The van der Waals surface area contributed by atoms with Gasteiger partial charge >= 0.3 is 0 Å². The molecule has 2 heterocycles. The molecule has 0 bridgehead atoms. The Balaban J connectivity index is 1.70. The van der Waals surface area contributed by atoms with Gasteiger partial charge in [-0.1, -0.05) is 54.1 Å². The van der Waals surface area contributed by atoms with Crippen LogP contribution in [-0.2, 0) is 5.75 Å². The minimum Gasteiger partial charge on any atom is -0.233 e. The number of aryl methyl sites for hydroxylation is 1. The lowest BCUT2D eigenvalue weighted by molar-refractivity contribution is 0.834. The molecule has 5 heteroatoms. The first-order valence-electron chi connectivity index (χ1n) is 7.99. The summed E-state index contributed by atoms with van der Waals surface area (Å²) in [5.74, 6) is 0.857. The fourth-order valence-electron chi connectivity index (χ4n) is 2.71. The van der Waals surface area contributed by atoms with E-state index in [4.69, 9.17) is 16.6 Å². The maximum atomic E-state index is 5.96. The van der Waals surface area contributed by atoms with Crippen LogP contribution in [0.5, 0.6) is 0 Å². The second-order valence-corrected chi connectivity index (χ2v) is 7.24. The van der Waals surface area contributed by atoms with Gasteiger partial charge in [-0.15, -0.1) is 11.8 Å². The number of thioether (sulfide) groups is 1. The van der Waals surface area contributed by atoms with E-state index in [9.17, 15) is 0 Å². The first kappa shape index (κ1) is 16.2. The van der Waals surface area contributed by atoms with Gasteiger partial charge in [-0.3, -0.25) is 0 Å². The highest BCUT2D eigenvalue weighted by atomic mass is 35.5. The van der Waals surface area contributed by atoms with Gasteiger partial charge in [0, 0.05) is 22.0 Å². The lowest BCUT2D eigenvalue weighted by Crippen LogP contribution is -1.97. The van der Waals surface area contributed by atoms with E-state index in [0.717, 1.165) is 38.3 Å². The number of hydrogen-bond acceptors (Lipinski definition) is 3. The second kappa shape index (κ2) is 6.90. The number of halogens is 1. The number of benzene rings is 2. The number of rotatable bonds is 4. The molecule has 0 saturated carbocycles. The molecule has 25 heavy (non-hydrogen) atoms. The highest BCUT2D eigenvalue weighted by molar-refractivity contribution is 7.98. The third-order valence-electron chi connectivity index (χ3n) is 3.95. The van der Waals surface area contributed by atoms with Crippen molar-refractivity contribution in [2.24, 2.45) is 0 Å². The molecular weight excluding hydrogens is 350 g/mol. The van der Waals surface area contributed by atoms with Gasteiger partial charge in [-0.2, -0.15) is 5.10 Å². The van der Waals surface area contributed by atoms with E-state index in [2.05, 4.69) is 35.4 Å². The summed E-state index contributed by atoms with van der Waals surface area (Å²) >= 11 is 7.71. The smallest absolute Gasteiger partial charge is 0.164 e. The zero-order valence-corrected chi connectivity index (χ0v) is 15.3. The minimum atomic E-state index is 0.760. The Morgan fingerprint density at radius 2 is 1.80 bits per heavy atom. The number of fused-ring (bicyclic) bond motifs is 1. The summed E-state index contributed by atoms with van der Waals surface area (Å²) in [6.07, 6.45) is 1.89. The summed E-state index contributed by atoms with van der Waals surface area (Å²) in [5.41, 5.74) is 5.29. The van der Waals surface area contributed by atoms with Crippen molar-refractivity contribution in [2.45, 2.75) is 17.7 Å². The van der Waals surface area contributed by atoms with E-state index in [-0.39, 0.29) is 0 Å². The predicted molar refractivity (Wildman–Crippen MR) is 104 cm³/mol. The topological polar surface area (TPSA) is 30.2 Å². The molecule has 0 unspecified atom stereocenters. The molecule has 2 aromatic carbocycles.